The molecule has 0 aromatic heterocycles. The van der Waals surface area contributed by atoms with Crippen LogP contribution in [0, 0.1) is 5.92 Å². The second-order valence-electron chi connectivity index (χ2n) is 2.98. The van der Waals surface area contributed by atoms with Crippen molar-refractivity contribution in [2.24, 2.45) is 5.92 Å². The normalized spacial score (nSPS) is 24.0. The number of likely N-dealkylation sites (tertiary alicyclic amines) is 1. The first-order valence-electron chi connectivity index (χ1n) is 3.99. The number of methoxy groups -OCH3 is 1. The van der Waals surface area contributed by atoms with Crippen molar-refractivity contribution in [3.63, 3.8) is 0 Å². The average Bonchev–Trinajstić information content (AvgIpc) is 2.08. The third-order valence-electron chi connectivity index (χ3n) is 2.15. The SMILES string of the molecule is COC(=O)C1CCCN(C)C1=O. The topological polar surface area (TPSA) is 46.6 Å². The number of piperidine rings is 1. The van der Waals surface area contributed by atoms with Gasteiger partial charge in [0.2, 0.25) is 5.91 Å². The van der Waals surface area contributed by atoms with Crippen molar-refractivity contribution in [3.05, 3.63) is 0 Å². The summed E-state index contributed by atoms with van der Waals surface area (Å²) in [5.74, 6) is -1.09. The van der Waals surface area contributed by atoms with E-state index in [0.29, 0.717) is 6.42 Å². The van der Waals surface area contributed by atoms with Gasteiger partial charge in [0.15, 0.2) is 0 Å². The molecule has 0 aromatic rings. The molecule has 1 aliphatic rings. The van der Waals surface area contributed by atoms with Gasteiger partial charge in [0.25, 0.3) is 0 Å². The molecule has 68 valence electrons. The highest BCUT2D eigenvalue weighted by molar-refractivity contribution is 5.98. The van der Waals surface area contributed by atoms with Gasteiger partial charge in [-0.2, -0.15) is 0 Å². The van der Waals surface area contributed by atoms with Crippen LogP contribution in [0.3, 0.4) is 0 Å². The summed E-state index contributed by atoms with van der Waals surface area (Å²) in [4.78, 5) is 24.0. The van der Waals surface area contributed by atoms with E-state index in [1.165, 1.54) is 7.11 Å². The minimum atomic E-state index is -0.561. The number of hydrogen-bond donors (Lipinski definition) is 0. The first-order valence-corrected chi connectivity index (χ1v) is 3.99. The zero-order valence-electron chi connectivity index (χ0n) is 7.37. The van der Waals surface area contributed by atoms with E-state index in [1.807, 2.05) is 0 Å². The highest BCUT2D eigenvalue weighted by atomic mass is 16.5. The van der Waals surface area contributed by atoms with Crippen LogP contribution >= 0.6 is 0 Å². The summed E-state index contributed by atoms with van der Waals surface area (Å²) in [6.45, 7) is 0.742. The van der Waals surface area contributed by atoms with Gasteiger partial charge in [-0.3, -0.25) is 9.59 Å². The van der Waals surface area contributed by atoms with Gasteiger partial charge in [-0.05, 0) is 12.8 Å². The van der Waals surface area contributed by atoms with E-state index in [1.54, 1.807) is 11.9 Å². The summed E-state index contributed by atoms with van der Waals surface area (Å²) in [6.07, 6.45) is 1.50. The molecule has 0 radical (unpaired) electrons. The lowest BCUT2D eigenvalue weighted by molar-refractivity contribution is -0.155. The molecule has 1 heterocycles. The molecule has 4 heteroatoms. The zero-order chi connectivity index (χ0) is 9.14. The molecule has 0 spiro atoms. The van der Waals surface area contributed by atoms with Gasteiger partial charge in [-0.15, -0.1) is 0 Å². The Balaban J connectivity index is 2.64. The van der Waals surface area contributed by atoms with Crippen molar-refractivity contribution in [2.45, 2.75) is 12.8 Å². The van der Waals surface area contributed by atoms with Crippen LogP contribution in [0.1, 0.15) is 12.8 Å². The van der Waals surface area contributed by atoms with Crippen molar-refractivity contribution < 1.29 is 14.3 Å². The van der Waals surface area contributed by atoms with Crippen LogP contribution in [0.2, 0.25) is 0 Å². The molecule has 1 aliphatic heterocycles. The molecule has 0 N–H and O–H groups in total. The molecular formula is C8H13NO3. The maximum atomic E-state index is 11.4. The molecule has 0 aromatic carbocycles. The highest BCUT2D eigenvalue weighted by Crippen LogP contribution is 2.17. The largest absolute Gasteiger partial charge is 0.468 e. The lowest BCUT2D eigenvalue weighted by Gasteiger charge is -2.27. The predicted molar refractivity (Wildman–Crippen MR) is 42.4 cm³/mol. The quantitative estimate of drug-likeness (QED) is 0.413. The molecule has 1 atom stereocenters. The van der Waals surface area contributed by atoms with Crippen LogP contribution in [-0.4, -0.2) is 37.5 Å². The number of hydrogen-bond acceptors (Lipinski definition) is 3. The first-order chi connectivity index (χ1) is 5.66. The van der Waals surface area contributed by atoms with Gasteiger partial charge < -0.3 is 9.64 Å². The van der Waals surface area contributed by atoms with Gasteiger partial charge in [-0.25, -0.2) is 0 Å². The van der Waals surface area contributed by atoms with E-state index in [0.717, 1.165) is 13.0 Å². The van der Waals surface area contributed by atoms with E-state index in [9.17, 15) is 9.59 Å². The number of carbonyl (C=O) groups is 2. The summed E-state index contributed by atoms with van der Waals surface area (Å²) in [5.41, 5.74) is 0. The molecule has 1 fully saturated rings. The maximum Gasteiger partial charge on any atom is 0.318 e. The Labute approximate surface area is 71.5 Å². The number of amides is 1. The number of esters is 1. The summed E-state index contributed by atoms with van der Waals surface area (Å²) < 4.78 is 4.52. The van der Waals surface area contributed by atoms with Gasteiger partial charge in [0.1, 0.15) is 5.92 Å². The maximum absolute atomic E-state index is 11.4. The van der Waals surface area contributed by atoms with Crippen molar-refractivity contribution in [1.29, 1.82) is 0 Å². The van der Waals surface area contributed by atoms with Crippen LogP contribution in [0.25, 0.3) is 0 Å². The zero-order valence-corrected chi connectivity index (χ0v) is 7.37. The highest BCUT2D eigenvalue weighted by Gasteiger charge is 2.32. The summed E-state index contributed by atoms with van der Waals surface area (Å²) >= 11 is 0. The number of carbonyl (C=O) groups excluding carboxylic acids is 2. The molecule has 0 aliphatic carbocycles. The number of ether oxygens (including phenoxy) is 1. The van der Waals surface area contributed by atoms with E-state index in [-0.39, 0.29) is 5.91 Å². The van der Waals surface area contributed by atoms with Crippen LogP contribution < -0.4 is 0 Å². The van der Waals surface area contributed by atoms with Crippen LogP contribution in [0.4, 0.5) is 0 Å². The van der Waals surface area contributed by atoms with Gasteiger partial charge in [0, 0.05) is 13.6 Å². The van der Waals surface area contributed by atoms with Crippen molar-refractivity contribution in [3.8, 4) is 0 Å². The lowest BCUT2D eigenvalue weighted by Crippen LogP contribution is -2.42. The molecule has 0 saturated carbocycles. The summed E-state index contributed by atoms with van der Waals surface area (Å²) in [7, 11) is 3.02. The Morgan fingerprint density at radius 2 is 2.33 bits per heavy atom. The molecule has 1 unspecified atom stereocenters. The van der Waals surface area contributed by atoms with Gasteiger partial charge in [0.05, 0.1) is 7.11 Å². The third kappa shape index (κ3) is 1.57. The Bertz CT molecular complexity index is 202. The predicted octanol–water partition coefficient (Wildman–Crippen LogP) is 0.0278. The van der Waals surface area contributed by atoms with E-state index < -0.39 is 11.9 Å². The van der Waals surface area contributed by atoms with Crippen molar-refractivity contribution in [1.82, 2.24) is 4.90 Å². The third-order valence-corrected chi connectivity index (χ3v) is 2.15. The smallest absolute Gasteiger partial charge is 0.318 e. The lowest BCUT2D eigenvalue weighted by atomic mass is 9.98. The van der Waals surface area contributed by atoms with Gasteiger partial charge >= 0.3 is 5.97 Å². The van der Waals surface area contributed by atoms with E-state index >= 15 is 0 Å². The average molecular weight is 171 g/mol. The molecular weight excluding hydrogens is 158 g/mol. The number of rotatable bonds is 1. The van der Waals surface area contributed by atoms with Gasteiger partial charge in [-0.1, -0.05) is 0 Å². The summed E-state index contributed by atoms with van der Waals surface area (Å²) in [5, 5.41) is 0. The minimum Gasteiger partial charge on any atom is -0.468 e. The van der Waals surface area contributed by atoms with Crippen molar-refractivity contribution >= 4 is 11.9 Å². The standard InChI is InChI=1S/C8H13NO3/c1-9-5-3-4-6(7(9)10)8(11)12-2/h6H,3-5H2,1-2H3. The second kappa shape index (κ2) is 3.56. The van der Waals surface area contributed by atoms with E-state index in [2.05, 4.69) is 4.74 Å². The molecule has 1 amide bonds. The van der Waals surface area contributed by atoms with E-state index in [4.69, 9.17) is 0 Å². The van der Waals surface area contributed by atoms with Crippen LogP contribution in [-0.2, 0) is 14.3 Å². The Morgan fingerprint density at radius 3 is 2.92 bits per heavy atom. The first kappa shape index (κ1) is 9.03. The fraction of sp³-hybridized carbons (Fsp3) is 0.750. The molecule has 1 saturated heterocycles. The monoisotopic (exact) mass is 171 g/mol. The van der Waals surface area contributed by atoms with Crippen LogP contribution in [0.15, 0.2) is 0 Å². The van der Waals surface area contributed by atoms with Crippen LogP contribution in [0.5, 0.6) is 0 Å². The van der Waals surface area contributed by atoms with Crippen molar-refractivity contribution in [2.75, 3.05) is 20.7 Å². The molecule has 1 rings (SSSR count). The second-order valence-corrected chi connectivity index (χ2v) is 2.98. The molecule has 0 bridgehead atoms. The Kier molecular flexibility index (Phi) is 2.68. The minimum absolute atomic E-state index is 0.117. The summed E-state index contributed by atoms with van der Waals surface area (Å²) in [6, 6.07) is 0. The number of nitrogens with zero attached hydrogens (tertiary/aromatic N) is 1. The fourth-order valence-corrected chi connectivity index (χ4v) is 1.39. The molecule has 12 heavy (non-hydrogen) atoms. The molecule has 4 nitrogen and oxygen atoms in total. The Hall–Kier alpha value is -1.06. The Morgan fingerprint density at radius 1 is 1.67 bits per heavy atom. The fourth-order valence-electron chi connectivity index (χ4n) is 1.39.